The quantitative estimate of drug-likeness (QED) is 0.845. The fraction of sp³-hybridized carbons (Fsp3) is 0.450. The van der Waals surface area contributed by atoms with Crippen molar-refractivity contribution in [3.05, 3.63) is 54.5 Å². The lowest BCUT2D eigenvalue weighted by Gasteiger charge is -2.50. The molecule has 2 fully saturated rings. The van der Waals surface area contributed by atoms with Crippen molar-refractivity contribution in [1.82, 2.24) is 14.9 Å². The molecule has 2 aliphatic heterocycles. The molecule has 136 valence electrons. The summed E-state index contributed by atoms with van der Waals surface area (Å²) in [6.45, 7) is 2.63. The SMILES string of the molecule is O=C(c1cccnc1)N1CC[C@@H]2OCCC[C@@]2(COc2ccccn2)C1. The van der Waals surface area contributed by atoms with E-state index in [1.807, 2.05) is 29.2 Å². The van der Waals surface area contributed by atoms with Crippen molar-refractivity contribution < 1.29 is 14.3 Å². The number of ether oxygens (including phenoxy) is 2. The Kier molecular flexibility index (Phi) is 4.84. The van der Waals surface area contributed by atoms with Crippen LogP contribution in [0.4, 0.5) is 0 Å². The Labute approximate surface area is 153 Å². The van der Waals surface area contributed by atoms with Crippen LogP contribution >= 0.6 is 0 Å². The lowest BCUT2D eigenvalue weighted by Crippen LogP contribution is -2.58. The average Bonchev–Trinajstić information content (AvgIpc) is 2.73. The molecule has 6 nitrogen and oxygen atoms in total. The number of hydrogen-bond donors (Lipinski definition) is 0. The van der Waals surface area contributed by atoms with Gasteiger partial charge in [0.1, 0.15) is 0 Å². The van der Waals surface area contributed by atoms with Crippen LogP contribution in [0, 0.1) is 5.41 Å². The Bertz CT molecular complexity index is 740. The maximum absolute atomic E-state index is 12.9. The zero-order valence-corrected chi connectivity index (χ0v) is 14.7. The molecular weight excluding hydrogens is 330 g/mol. The second-order valence-corrected chi connectivity index (χ2v) is 7.04. The number of carbonyl (C=O) groups excluding carboxylic acids is 1. The Morgan fingerprint density at radius 3 is 3.08 bits per heavy atom. The third kappa shape index (κ3) is 3.42. The van der Waals surface area contributed by atoms with Crippen LogP contribution in [0.3, 0.4) is 0 Å². The summed E-state index contributed by atoms with van der Waals surface area (Å²) < 4.78 is 12.1. The molecular formula is C20H23N3O3. The summed E-state index contributed by atoms with van der Waals surface area (Å²) in [6, 6.07) is 9.25. The van der Waals surface area contributed by atoms with Crippen molar-refractivity contribution in [3.8, 4) is 5.88 Å². The van der Waals surface area contributed by atoms with Gasteiger partial charge in [-0.2, -0.15) is 0 Å². The van der Waals surface area contributed by atoms with E-state index in [-0.39, 0.29) is 17.4 Å². The third-order valence-corrected chi connectivity index (χ3v) is 5.33. The smallest absolute Gasteiger partial charge is 0.255 e. The van der Waals surface area contributed by atoms with Crippen LogP contribution < -0.4 is 4.74 Å². The van der Waals surface area contributed by atoms with Crippen molar-refractivity contribution in [2.75, 3.05) is 26.3 Å². The van der Waals surface area contributed by atoms with Gasteiger partial charge in [-0.1, -0.05) is 6.07 Å². The molecule has 4 heterocycles. The van der Waals surface area contributed by atoms with E-state index in [0.717, 1.165) is 25.9 Å². The Morgan fingerprint density at radius 2 is 2.27 bits per heavy atom. The molecule has 0 unspecified atom stereocenters. The zero-order chi connectivity index (χ0) is 17.8. The molecule has 2 aliphatic rings. The maximum atomic E-state index is 12.9. The van der Waals surface area contributed by atoms with Gasteiger partial charge in [0.2, 0.25) is 5.88 Å². The van der Waals surface area contributed by atoms with E-state index in [4.69, 9.17) is 9.47 Å². The average molecular weight is 353 g/mol. The predicted molar refractivity (Wildman–Crippen MR) is 95.9 cm³/mol. The van der Waals surface area contributed by atoms with Crippen LogP contribution in [0.15, 0.2) is 48.9 Å². The fourth-order valence-corrected chi connectivity index (χ4v) is 4.00. The van der Waals surface area contributed by atoms with E-state index >= 15 is 0 Å². The number of nitrogens with zero attached hydrogens (tertiary/aromatic N) is 3. The summed E-state index contributed by atoms with van der Waals surface area (Å²) in [6.07, 6.45) is 7.96. The Balaban J connectivity index is 1.52. The van der Waals surface area contributed by atoms with Crippen molar-refractivity contribution in [2.45, 2.75) is 25.4 Å². The number of aromatic nitrogens is 2. The minimum atomic E-state index is -0.189. The molecule has 2 atom stereocenters. The first-order chi connectivity index (χ1) is 12.8. The Hall–Kier alpha value is -2.47. The van der Waals surface area contributed by atoms with Crippen LogP contribution in [0.25, 0.3) is 0 Å². The molecule has 2 aromatic heterocycles. The molecule has 0 aromatic carbocycles. The molecule has 4 rings (SSSR count). The number of piperidine rings is 1. The first kappa shape index (κ1) is 17.0. The van der Waals surface area contributed by atoms with Gasteiger partial charge >= 0.3 is 0 Å². The van der Waals surface area contributed by atoms with E-state index < -0.39 is 0 Å². The Morgan fingerprint density at radius 1 is 1.31 bits per heavy atom. The largest absolute Gasteiger partial charge is 0.477 e. The van der Waals surface area contributed by atoms with Crippen LogP contribution in [0.2, 0.25) is 0 Å². The van der Waals surface area contributed by atoms with Gasteiger partial charge in [0.25, 0.3) is 5.91 Å². The van der Waals surface area contributed by atoms with Crippen LogP contribution in [0.1, 0.15) is 29.6 Å². The maximum Gasteiger partial charge on any atom is 0.255 e. The number of pyridine rings is 2. The predicted octanol–water partition coefficient (Wildman–Crippen LogP) is 2.57. The molecule has 0 radical (unpaired) electrons. The highest BCUT2D eigenvalue weighted by Gasteiger charge is 2.47. The van der Waals surface area contributed by atoms with Crippen molar-refractivity contribution >= 4 is 5.91 Å². The molecule has 0 saturated carbocycles. The normalized spacial score (nSPS) is 25.4. The van der Waals surface area contributed by atoms with Gasteiger partial charge in [0.15, 0.2) is 0 Å². The summed E-state index contributed by atoms with van der Waals surface area (Å²) in [5.74, 6) is 0.640. The van der Waals surface area contributed by atoms with Crippen LogP contribution in [-0.4, -0.2) is 53.2 Å². The van der Waals surface area contributed by atoms with Crippen LogP contribution in [-0.2, 0) is 4.74 Å². The molecule has 0 spiro atoms. The monoisotopic (exact) mass is 353 g/mol. The van der Waals surface area contributed by atoms with Gasteiger partial charge in [-0.25, -0.2) is 4.98 Å². The number of hydrogen-bond acceptors (Lipinski definition) is 5. The summed E-state index contributed by atoms with van der Waals surface area (Å²) in [5.41, 5.74) is 0.440. The molecule has 0 N–H and O–H groups in total. The van der Waals surface area contributed by atoms with E-state index in [1.165, 1.54) is 0 Å². The third-order valence-electron chi connectivity index (χ3n) is 5.33. The molecule has 26 heavy (non-hydrogen) atoms. The van der Waals surface area contributed by atoms with E-state index in [2.05, 4.69) is 9.97 Å². The van der Waals surface area contributed by atoms with Gasteiger partial charge < -0.3 is 14.4 Å². The lowest BCUT2D eigenvalue weighted by molar-refractivity contribution is -0.133. The first-order valence-corrected chi connectivity index (χ1v) is 9.12. The molecule has 6 heteroatoms. The number of fused-ring (bicyclic) bond motifs is 1. The topological polar surface area (TPSA) is 64.6 Å². The molecule has 0 bridgehead atoms. The molecule has 2 saturated heterocycles. The van der Waals surface area contributed by atoms with Gasteiger partial charge in [0, 0.05) is 49.8 Å². The molecule has 1 amide bonds. The first-order valence-electron chi connectivity index (χ1n) is 9.12. The van der Waals surface area contributed by atoms with Crippen molar-refractivity contribution in [1.29, 1.82) is 0 Å². The molecule has 0 aliphatic carbocycles. The van der Waals surface area contributed by atoms with Gasteiger partial charge in [-0.3, -0.25) is 9.78 Å². The number of likely N-dealkylation sites (tertiary alicyclic amines) is 1. The summed E-state index contributed by atoms with van der Waals surface area (Å²) in [4.78, 5) is 23.1. The number of amides is 1. The van der Waals surface area contributed by atoms with E-state index in [0.29, 0.717) is 31.1 Å². The highest BCUT2D eigenvalue weighted by Crippen LogP contribution is 2.40. The second-order valence-electron chi connectivity index (χ2n) is 7.04. The summed E-state index contributed by atoms with van der Waals surface area (Å²) in [7, 11) is 0. The number of carbonyl (C=O) groups is 1. The lowest BCUT2D eigenvalue weighted by atomic mass is 9.73. The zero-order valence-electron chi connectivity index (χ0n) is 14.7. The highest BCUT2D eigenvalue weighted by molar-refractivity contribution is 5.94. The van der Waals surface area contributed by atoms with Gasteiger partial charge in [0.05, 0.1) is 18.3 Å². The van der Waals surface area contributed by atoms with Crippen molar-refractivity contribution in [2.24, 2.45) is 5.41 Å². The highest BCUT2D eigenvalue weighted by atomic mass is 16.5. The van der Waals surface area contributed by atoms with Crippen LogP contribution in [0.5, 0.6) is 5.88 Å². The van der Waals surface area contributed by atoms with Crippen molar-refractivity contribution in [3.63, 3.8) is 0 Å². The summed E-state index contributed by atoms with van der Waals surface area (Å²) >= 11 is 0. The van der Waals surface area contributed by atoms with Gasteiger partial charge in [-0.05, 0) is 37.5 Å². The molecule has 2 aromatic rings. The number of rotatable bonds is 4. The standard InChI is InChI=1S/C20H23N3O3/c24-19(16-5-3-9-21-13-16)23-11-7-17-20(14-23,8-4-12-25-17)15-26-18-6-1-2-10-22-18/h1-3,5-6,9-10,13,17H,4,7-8,11-12,14-15H2/t17-,20-/m0/s1. The van der Waals surface area contributed by atoms with Gasteiger partial charge in [-0.15, -0.1) is 0 Å². The minimum absolute atomic E-state index is 0.0272. The summed E-state index contributed by atoms with van der Waals surface area (Å²) in [5, 5.41) is 0. The minimum Gasteiger partial charge on any atom is -0.477 e. The van der Waals surface area contributed by atoms with E-state index in [1.54, 1.807) is 24.7 Å². The second kappa shape index (κ2) is 7.41. The fourth-order valence-electron chi connectivity index (χ4n) is 4.00. The van der Waals surface area contributed by atoms with E-state index in [9.17, 15) is 4.79 Å².